The Morgan fingerprint density at radius 3 is 2.22 bits per heavy atom. The van der Waals surface area contributed by atoms with Gasteiger partial charge in [-0.1, -0.05) is 51.2 Å². The predicted octanol–water partition coefficient (Wildman–Crippen LogP) is 4.22. The summed E-state index contributed by atoms with van der Waals surface area (Å²) in [7, 11) is 1.76. The van der Waals surface area contributed by atoms with Gasteiger partial charge in [0, 0.05) is 50.5 Å². The van der Waals surface area contributed by atoms with Crippen molar-refractivity contribution in [3.8, 4) is 0 Å². The smallest absolute Gasteiger partial charge is 0.328 e. The van der Waals surface area contributed by atoms with Crippen molar-refractivity contribution in [1.82, 2.24) is 51.0 Å². The summed E-state index contributed by atoms with van der Waals surface area (Å²) in [6.07, 6.45) is 14.9. The molecule has 1 saturated carbocycles. The molecular formula is C52H80N12O8S. The fraction of sp³-hybridized carbons (Fsp3) is 0.654. The van der Waals surface area contributed by atoms with Crippen LogP contribution in [0, 0.1) is 11.8 Å². The Morgan fingerprint density at radius 1 is 0.822 bits per heavy atom. The monoisotopic (exact) mass is 1030 g/mol. The Labute approximate surface area is 433 Å². The van der Waals surface area contributed by atoms with E-state index < -0.39 is 5.25 Å². The molecule has 402 valence electrons. The first-order valence-corrected chi connectivity index (χ1v) is 27.6. The van der Waals surface area contributed by atoms with Gasteiger partial charge in [0.15, 0.2) is 17.2 Å². The van der Waals surface area contributed by atoms with Crippen LogP contribution in [0.5, 0.6) is 0 Å². The Kier molecular flexibility index (Phi) is 24.8. The topological polar surface area (TPSA) is 284 Å². The lowest BCUT2D eigenvalue weighted by Crippen LogP contribution is -2.39. The molecule has 3 heterocycles. The average molecular weight is 1030 g/mol. The van der Waals surface area contributed by atoms with Crippen molar-refractivity contribution in [1.29, 1.82) is 0 Å². The number of likely N-dealkylation sites (tertiary alicyclic amines) is 1. The summed E-state index contributed by atoms with van der Waals surface area (Å²) in [6.45, 7) is 7.70. The number of rotatable bonds is 35. The Hall–Kier alpha value is -5.67. The SMILES string of the molecule is CCCNc1nc(N)c2[nH]c(=O)n(Cc3ccc(C(=O)NCC(=O)CCCCCCCCCNCCCNC(=O)C4CCC(CN5C(=O)CC(SCC(=O)NCCCCC(NC)C(C)=O)C5=O)CC4)cc3)c2n1. The molecule has 1 saturated heterocycles. The number of imidazole rings is 1. The molecule has 0 bridgehead atoms. The Morgan fingerprint density at radius 2 is 1.51 bits per heavy atom. The summed E-state index contributed by atoms with van der Waals surface area (Å²) >= 11 is 1.21. The number of hydrogen-bond donors (Lipinski definition) is 8. The summed E-state index contributed by atoms with van der Waals surface area (Å²) in [4.78, 5) is 113. The van der Waals surface area contributed by atoms with Gasteiger partial charge < -0.3 is 42.6 Å². The number of nitrogens with zero attached hydrogens (tertiary/aromatic N) is 4. The van der Waals surface area contributed by atoms with Crippen molar-refractivity contribution >= 4 is 75.8 Å². The van der Waals surface area contributed by atoms with E-state index in [2.05, 4.69) is 46.9 Å². The number of carbonyl (C=O) groups is 7. The van der Waals surface area contributed by atoms with Gasteiger partial charge in [-0.2, -0.15) is 9.97 Å². The minimum Gasteiger partial charge on any atom is -0.382 e. The highest BCUT2D eigenvalue weighted by Crippen LogP contribution is 2.32. The van der Waals surface area contributed by atoms with Crippen LogP contribution >= 0.6 is 11.8 Å². The number of anilines is 2. The summed E-state index contributed by atoms with van der Waals surface area (Å²) in [5.41, 5.74) is 7.68. The number of likely N-dealkylation sites (N-methyl/N-ethyl adjacent to an activating group) is 1. The highest BCUT2D eigenvalue weighted by Gasteiger charge is 2.40. The van der Waals surface area contributed by atoms with Gasteiger partial charge in [-0.15, -0.1) is 11.8 Å². The first kappa shape index (κ1) is 58.2. The Bertz CT molecular complexity index is 2350. The lowest BCUT2D eigenvalue weighted by molar-refractivity contribution is -0.139. The van der Waals surface area contributed by atoms with Crippen molar-refractivity contribution < 1.29 is 33.6 Å². The lowest BCUT2D eigenvalue weighted by atomic mass is 9.81. The molecule has 3 aromatic rings. The lowest BCUT2D eigenvalue weighted by Gasteiger charge is -2.30. The number of nitrogens with one attached hydrogen (secondary N) is 7. The quantitative estimate of drug-likeness (QED) is 0.0303. The maximum Gasteiger partial charge on any atom is 0.328 e. The third-order valence-electron chi connectivity index (χ3n) is 13.7. The van der Waals surface area contributed by atoms with Crippen LogP contribution in [0.4, 0.5) is 11.8 Å². The first-order valence-electron chi connectivity index (χ1n) is 26.5. The largest absolute Gasteiger partial charge is 0.382 e. The number of hydrogen-bond acceptors (Lipinski definition) is 15. The zero-order chi connectivity index (χ0) is 52.5. The number of H-pyrrole nitrogens is 1. The van der Waals surface area contributed by atoms with Crippen molar-refractivity contribution in [2.75, 3.05) is 69.7 Å². The number of nitrogen functional groups attached to an aromatic ring is 1. The van der Waals surface area contributed by atoms with E-state index in [1.54, 1.807) is 38.2 Å². The van der Waals surface area contributed by atoms with E-state index in [1.807, 2.05) is 6.92 Å². The number of unbranched alkanes of at least 4 members (excludes halogenated alkanes) is 7. The molecule has 2 fully saturated rings. The highest BCUT2D eigenvalue weighted by molar-refractivity contribution is 8.01. The van der Waals surface area contributed by atoms with E-state index in [9.17, 15) is 38.4 Å². The fourth-order valence-corrected chi connectivity index (χ4v) is 10.3. The second-order valence-corrected chi connectivity index (χ2v) is 20.7. The number of aromatic nitrogens is 4. The van der Waals surface area contributed by atoms with Crippen LogP contribution in [0.15, 0.2) is 29.1 Å². The van der Waals surface area contributed by atoms with E-state index in [0.29, 0.717) is 61.7 Å². The number of thioether (sulfide) groups is 1. The van der Waals surface area contributed by atoms with Crippen molar-refractivity contribution in [3.63, 3.8) is 0 Å². The number of fused-ring (bicyclic) bond motifs is 1. The number of nitrogens with two attached hydrogens (primary N) is 1. The molecule has 0 spiro atoms. The van der Waals surface area contributed by atoms with Crippen LogP contribution in [0.3, 0.4) is 0 Å². The van der Waals surface area contributed by atoms with Gasteiger partial charge in [0.2, 0.25) is 29.6 Å². The molecular weight excluding hydrogens is 953 g/mol. The summed E-state index contributed by atoms with van der Waals surface area (Å²) in [5.74, 6) is 0.0147. The third-order valence-corrected chi connectivity index (χ3v) is 14.9. The summed E-state index contributed by atoms with van der Waals surface area (Å²) in [6, 6.07) is 6.70. The first-order chi connectivity index (χ1) is 35.3. The molecule has 2 aliphatic rings. The van der Waals surface area contributed by atoms with E-state index in [4.69, 9.17) is 5.73 Å². The van der Waals surface area contributed by atoms with E-state index in [1.165, 1.54) is 21.2 Å². The molecule has 73 heavy (non-hydrogen) atoms. The van der Waals surface area contributed by atoms with Crippen LogP contribution in [-0.2, 0) is 35.3 Å². The molecule has 1 aromatic carbocycles. The standard InChI is InChI=1S/C52H80N12O8S/c1-4-25-58-51-61-46(53)45-47(62-51)64(52(72)60-45)33-37-19-23-39(24-20-37)49(70)59-31-40(66)15-10-8-6-5-7-9-12-26-55-27-14-29-57-48(69)38-21-17-36(18-22-38)32-63-44(68)30-42(50(63)71)73-34-43(67)56-28-13-11-16-41(54-3)35(2)65/h19-20,23-24,36,38,41-42,54-55H,4-18,21-22,25-34H2,1-3H3,(H,56,67)(H,57,69)(H,59,70)(H,60,72)(H3,53,58,61,62). The number of aromatic amines is 1. The molecule has 0 radical (unpaired) electrons. The van der Waals surface area contributed by atoms with E-state index >= 15 is 0 Å². The number of ketones is 2. The fourth-order valence-electron chi connectivity index (χ4n) is 9.30. The van der Waals surface area contributed by atoms with Gasteiger partial charge in [-0.25, -0.2) is 4.79 Å². The molecule has 5 rings (SSSR count). The molecule has 9 N–H and O–H groups in total. The zero-order valence-electron chi connectivity index (χ0n) is 43.3. The predicted molar refractivity (Wildman–Crippen MR) is 285 cm³/mol. The normalized spacial score (nSPS) is 17.2. The summed E-state index contributed by atoms with van der Waals surface area (Å²) in [5, 5.41) is 17.7. The van der Waals surface area contributed by atoms with Crippen molar-refractivity contribution in [2.24, 2.45) is 11.8 Å². The summed E-state index contributed by atoms with van der Waals surface area (Å²) < 4.78 is 1.48. The van der Waals surface area contributed by atoms with Gasteiger partial charge >= 0.3 is 5.69 Å². The Balaban J connectivity index is 0.810. The van der Waals surface area contributed by atoms with Gasteiger partial charge in [0.1, 0.15) is 11.3 Å². The average Bonchev–Trinajstić information content (AvgIpc) is 3.84. The van der Waals surface area contributed by atoms with Crippen LogP contribution in [-0.4, -0.2) is 135 Å². The van der Waals surface area contributed by atoms with E-state index in [0.717, 1.165) is 115 Å². The van der Waals surface area contributed by atoms with Gasteiger partial charge in [0.05, 0.1) is 30.1 Å². The van der Waals surface area contributed by atoms with Crippen LogP contribution in [0.1, 0.15) is 145 Å². The number of Topliss-reactive ketones (excluding diaryl/α,β-unsaturated/α-hetero) is 2. The molecule has 2 unspecified atom stereocenters. The minimum absolute atomic E-state index is 0.0000543. The molecule has 2 aromatic heterocycles. The van der Waals surface area contributed by atoms with Gasteiger partial charge in [-0.3, -0.25) is 43.0 Å². The molecule has 21 heteroatoms. The van der Waals surface area contributed by atoms with Crippen LogP contribution in [0.2, 0.25) is 0 Å². The van der Waals surface area contributed by atoms with Crippen molar-refractivity contribution in [3.05, 3.63) is 45.9 Å². The number of amides is 5. The number of benzene rings is 1. The van der Waals surface area contributed by atoms with Crippen molar-refractivity contribution in [2.45, 2.75) is 147 Å². The second-order valence-electron chi connectivity index (χ2n) is 19.5. The zero-order valence-corrected chi connectivity index (χ0v) is 44.1. The van der Waals surface area contributed by atoms with E-state index in [-0.39, 0.29) is 95.8 Å². The highest BCUT2D eigenvalue weighted by atomic mass is 32.2. The molecule has 1 aliphatic heterocycles. The molecule has 20 nitrogen and oxygen atoms in total. The van der Waals surface area contributed by atoms with Gasteiger partial charge in [-0.05, 0) is 121 Å². The molecule has 5 amide bonds. The molecule has 1 aliphatic carbocycles. The van der Waals surface area contributed by atoms with Gasteiger partial charge in [0.25, 0.3) is 5.91 Å². The minimum atomic E-state index is -0.548. The maximum absolute atomic E-state index is 13.1. The van der Waals surface area contributed by atoms with Crippen LogP contribution < -0.4 is 43.3 Å². The second kappa shape index (κ2) is 31.2. The maximum atomic E-state index is 13.1. The number of imide groups is 1. The number of carbonyl (C=O) groups excluding carboxylic acids is 7. The van der Waals surface area contributed by atoms with Crippen LogP contribution in [0.25, 0.3) is 11.2 Å². The molecule has 2 atom stereocenters. The third kappa shape index (κ3) is 19.3.